The Morgan fingerprint density at radius 2 is 2.00 bits per heavy atom. The van der Waals surface area contributed by atoms with E-state index in [1.165, 1.54) is 6.07 Å². The molecule has 1 aromatic carbocycles. The van der Waals surface area contributed by atoms with Crippen molar-refractivity contribution in [3.63, 3.8) is 0 Å². The Morgan fingerprint density at radius 1 is 1.25 bits per heavy atom. The van der Waals surface area contributed by atoms with E-state index in [9.17, 15) is 9.18 Å². The van der Waals surface area contributed by atoms with Gasteiger partial charge in [0.15, 0.2) is 0 Å². The maximum absolute atomic E-state index is 14.8. The molecule has 7 heteroatoms. The molecular formula is C21H30FN3O3. The first-order chi connectivity index (χ1) is 13.5. The predicted molar refractivity (Wildman–Crippen MR) is 106 cm³/mol. The van der Waals surface area contributed by atoms with Crippen LogP contribution >= 0.6 is 0 Å². The number of nitrogens with one attached hydrogen (secondary N) is 1. The third-order valence-corrected chi connectivity index (χ3v) is 5.69. The maximum Gasteiger partial charge on any atom is 0.322 e. The highest BCUT2D eigenvalue weighted by atomic mass is 19.1. The number of ether oxygens (including phenoxy) is 2. The van der Waals surface area contributed by atoms with Gasteiger partial charge in [0.2, 0.25) is 0 Å². The molecule has 0 unspecified atom stereocenters. The lowest BCUT2D eigenvalue weighted by atomic mass is 10.1. The number of carbonyl (C=O) groups excluding carboxylic acids is 1. The zero-order valence-corrected chi connectivity index (χ0v) is 16.7. The van der Waals surface area contributed by atoms with E-state index in [1.807, 2.05) is 23.6 Å². The Morgan fingerprint density at radius 3 is 2.61 bits per heavy atom. The molecule has 2 amide bonds. The molecular weight excluding hydrogens is 361 g/mol. The van der Waals surface area contributed by atoms with E-state index in [0.717, 1.165) is 32.5 Å². The van der Waals surface area contributed by atoms with Crippen LogP contribution < -0.4 is 10.2 Å². The summed E-state index contributed by atoms with van der Waals surface area (Å²) in [4.78, 5) is 16.7. The van der Waals surface area contributed by atoms with E-state index in [2.05, 4.69) is 5.32 Å². The molecule has 1 aliphatic carbocycles. The second-order valence-corrected chi connectivity index (χ2v) is 8.37. The summed E-state index contributed by atoms with van der Waals surface area (Å²) in [6, 6.07) is 5.12. The molecule has 2 heterocycles. The molecule has 0 radical (unpaired) electrons. The smallest absolute Gasteiger partial charge is 0.322 e. The van der Waals surface area contributed by atoms with Crippen LogP contribution in [-0.2, 0) is 9.47 Å². The van der Waals surface area contributed by atoms with Crippen LogP contribution in [0.15, 0.2) is 18.2 Å². The number of hydrogen-bond donors (Lipinski definition) is 1. The largest absolute Gasteiger partial charge is 0.381 e. The minimum Gasteiger partial charge on any atom is -0.381 e. The standard InChI is InChI=1S/C21H30FN3O3/c1-14-10-24(11-15(2)28-14)20-6-3-17(9-19(20)22)23-21(26)25(18-4-5-18)12-16-7-8-27-13-16/h3,6,9,14-16,18H,4-5,7-8,10-13H2,1-2H3,(H,23,26)/t14-,15+,16-/m0/s1. The van der Waals surface area contributed by atoms with Crippen LogP contribution in [0.4, 0.5) is 20.6 Å². The topological polar surface area (TPSA) is 54.0 Å². The minimum absolute atomic E-state index is 0.0641. The number of carbonyl (C=O) groups is 1. The third-order valence-electron chi connectivity index (χ3n) is 5.69. The van der Waals surface area contributed by atoms with Crippen molar-refractivity contribution in [1.82, 2.24) is 4.90 Å². The molecule has 3 atom stereocenters. The van der Waals surface area contributed by atoms with Gasteiger partial charge in [0.25, 0.3) is 0 Å². The number of urea groups is 1. The number of anilines is 2. The highest BCUT2D eigenvalue weighted by molar-refractivity contribution is 5.90. The average molecular weight is 391 g/mol. The van der Waals surface area contributed by atoms with Crippen LogP contribution in [-0.4, -0.2) is 62.0 Å². The van der Waals surface area contributed by atoms with Crippen LogP contribution in [0.1, 0.15) is 33.1 Å². The molecule has 1 aromatic rings. The molecule has 2 aliphatic heterocycles. The molecule has 0 bridgehead atoms. The molecule has 3 fully saturated rings. The van der Waals surface area contributed by atoms with E-state index in [-0.39, 0.29) is 24.1 Å². The second-order valence-electron chi connectivity index (χ2n) is 8.37. The van der Waals surface area contributed by atoms with Gasteiger partial charge in [0, 0.05) is 43.9 Å². The Kier molecular flexibility index (Phi) is 5.73. The maximum atomic E-state index is 14.8. The Bertz CT molecular complexity index is 696. The zero-order chi connectivity index (χ0) is 19.7. The quantitative estimate of drug-likeness (QED) is 0.835. The summed E-state index contributed by atoms with van der Waals surface area (Å²) in [5.41, 5.74) is 1.05. The van der Waals surface area contributed by atoms with E-state index in [1.54, 1.807) is 12.1 Å². The van der Waals surface area contributed by atoms with Gasteiger partial charge in [-0.1, -0.05) is 0 Å². The minimum atomic E-state index is -0.318. The van der Waals surface area contributed by atoms with Crippen LogP contribution in [0.5, 0.6) is 0 Å². The van der Waals surface area contributed by atoms with Gasteiger partial charge in [0.1, 0.15) is 5.82 Å². The van der Waals surface area contributed by atoms with E-state index >= 15 is 0 Å². The van der Waals surface area contributed by atoms with Crippen LogP contribution in [0.25, 0.3) is 0 Å². The first kappa shape index (κ1) is 19.5. The summed E-state index contributed by atoms with van der Waals surface area (Å²) in [6.07, 6.45) is 3.21. The average Bonchev–Trinajstić information content (AvgIpc) is 3.34. The first-order valence-corrected chi connectivity index (χ1v) is 10.3. The van der Waals surface area contributed by atoms with Crippen molar-refractivity contribution in [2.24, 2.45) is 5.92 Å². The SMILES string of the molecule is C[C@@H]1CN(c2ccc(NC(=O)N(C[C@@H]3CCOC3)C3CC3)cc2F)C[C@H](C)O1. The molecule has 6 nitrogen and oxygen atoms in total. The fourth-order valence-electron chi connectivity index (χ4n) is 4.20. The van der Waals surface area contributed by atoms with Crippen molar-refractivity contribution >= 4 is 17.4 Å². The molecule has 0 aromatic heterocycles. The molecule has 154 valence electrons. The Balaban J connectivity index is 1.41. The molecule has 0 spiro atoms. The van der Waals surface area contributed by atoms with Gasteiger partial charge in [-0.05, 0) is 51.3 Å². The fraction of sp³-hybridized carbons (Fsp3) is 0.667. The molecule has 4 rings (SSSR count). The number of benzene rings is 1. The fourth-order valence-corrected chi connectivity index (χ4v) is 4.20. The van der Waals surface area contributed by atoms with E-state index in [4.69, 9.17) is 9.47 Å². The summed E-state index contributed by atoms with van der Waals surface area (Å²) < 4.78 is 25.9. The number of amides is 2. The van der Waals surface area contributed by atoms with Crippen LogP contribution in [0.3, 0.4) is 0 Å². The third kappa shape index (κ3) is 4.58. The van der Waals surface area contributed by atoms with Gasteiger partial charge >= 0.3 is 6.03 Å². The summed E-state index contributed by atoms with van der Waals surface area (Å²) in [5, 5.41) is 2.89. The van der Waals surface area contributed by atoms with Crippen molar-refractivity contribution in [1.29, 1.82) is 0 Å². The second kappa shape index (κ2) is 8.25. The van der Waals surface area contributed by atoms with E-state index in [0.29, 0.717) is 43.0 Å². The summed E-state index contributed by atoms with van der Waals surface area (Å²) >= 11 is 0. The number of hydrogen-bond acceptors (Lipinski definition) is 4. The highest BCUT2D eigenvalue weighted by Gasteiger charge is 2.35. The number of rotatable bonds is 5. The number of morpholine rings is 1. The van der Waals surface area contributed by atoms with Gasteiger partial charge in [-0.2, -0.15) is 0 Å². The van der Waals surface area contributed by atoms with Gasteiger partial charge < -0.3 is 24.6 Å². The van der Waals surface area contributed by atoms with Crippen molar-refractivity contribution in [3.05, 3.63) is 24.0 Å². The summed E-state index contributed by atoms with van der Waals surface area (Å²) in [6.45, 7) is 7.51. The predicted octanol–water partition coefficient (Wildman–Crippen LogP) is 3.47. The van der Waals surface area contributed by atoms with Crippen LogP contribution in [0, 0.1) is 11.7 Å². The summed E-state index contributed by atoms with van der Waals surface area (Å²) in [7, 11) is 0. The lowest BCUT2D eigenvalue weighted by Crippen LogP contribution is -2.45. The normalized spacial score (nSPS) is 27.7. The molecule has 3 aliphatic rings. The van der Waals surface area contributed by atoms with Crippen molar-refractivity contribution < 1.29 is 18.7 Å². The van der Waals surface area contributed by atoms with Crippen LogP contribution in [0.2, 0.25) is 0 Å². The van der Waals surface area contributed by atoms with Gasteiger partial charge in [-0.25, -0.2) is 9.18 Å². The Hall–Kier alpha value is -1.86. The van der Waals surface area contributed by atoms with Crippen molar-refractivity contribution in [2.75, 3.05) is 43.1 Å². The van der Waals surface area contributed by atoms with Gasteiger partial charge in [0.05, 0.1) is 24.5 Å². The first-order valence-electron chi connectivity index (χ1n) is 10.3. The van der Waals surface area contributed by atoms with E-state index < -0.39 is 0 Å². The van der Waals surface area contributed by atoms with Gasteiger partial charge in [-0.15, -0.1) is 0 Å². The number of nitrogens with zero attached hydrogens (tertiary/aromatic N) is 2. The lowest BCUT2D eigenvalue weighted by molar-refractivity contribution is -0.00539. The molecule has 1 N–H and O–H groups in total. The zero-order valence-electron chi connectivity index (χ0n) is 16.7. The van der Waals surface area contributed by atoms with Crippen molar-refractivity contribution in [3.8, 4) is 0 Å². The highest BCUT2D eigenvalue weighted by Crippen LogP contribution is 2.30. The van der Waals surface area contributed by atoms with Gasteiger partial charge in [-0.3, -0.25) is 0 Å². The molecule has 1 saturated carbocycles. The number of halogens is 1. The molecule has 28 heavy (non-hydrogen) atoms. The van der Waals surface area contributed by atoms with Crippen molar-refractivity contribution in [2.45, 2.75) is 51.4 Å². The monoisotopic (exact) mass is 391 g/mol. The lowest BCUT2D eigenvalue weighted by Gasteiger charge is -2.37. The Labute approximate surface area is 166 Å². The molecule has 2 saturated heterocycles. The summed E-state index contributed by atoms with van der Waals surface area (Å²) in [5.74, 6) is 0.0806.